The largest absolute Gasteiger partial charge is 0.490 e. The molecule has 0 spiro atoms. The van der Waals surface area contributed by atoms with Crippen LogP contribution in [0.4, 0.5) is 4.39 Å². The van der Waals surface area contributed by atoms with Gasteiger partial charge in [-0.15, -0.1) is 0 Å². The van der Waals surface area contributed by atoms with E-state index < -0.39 is 17.7 Å². The first-order chi connectivity index (χ1) is 16.8. The van der Waals surface area contributed by atoms with Crippen molar-refractivity contribution in [1.82, 2.24) is 4.90 Å². The van der Waals surface area contributed by atoms with Crippen molar-refractivity contribution < 1.29 is 28.2 Å². The molecule has 3 unspecified atom stereocenters. The Balaban J connectivity index is 1.41. The van der Waals surface area contributed by atoms with Crippen LogP contribution < -0.4 is 4.74 Å². The summed E-state index contributed by atoms with van der Waals surface area (Å²) in [6.45, 7) is 2.78. The molecule has 1 heterocycles. The van der Waals surface area contributed by atoms with Crippen molar-refractivity contribution in [3.05, 3.63) is 64.4 Å². The van der Waals surface area contributed by atoms with Gasteiger partial charge in [0.25, 0.3) is 0 Å². The predicted molar refractivity (Wildman–Crippen MR) is 129 cm³/mol. The fourth-order valence-corrected chi connectivity index (χ4v) is 5.08. The summed E-state index contributed by atoms with van der Waals surface area (Å²) in [4.78, 5) is 40.4. The quantitative estimate of drug-likeness (QED) is 0.500. The lowest BCUT2D eigenvalue weighted by Gasteiger charge is -2.38. The summed E-state index contributed by atoms with van der Waals surface area (Å²) in [5.74, 6) is -1.09. The number of carbonyl (C=O) groups excluding carboxylic acids is 3. The molecule has 35 heavy (non-hydrogen) atoms. The van der Waals surface area contributed by atoms with Gasteiger partial charge in [-0.2, -0.15) is 0 Å². The van der Waals surface area contributed by atoms with Crippen molar-refractivity contribution in [2.45, 2.75) is 38.7 Å². The van der Waals surface area contributed by atoms with Gasteiger partial charge in [0.05, 0.1) is 18.7 Å². The molecule has 2 aromatic rings. The SMILES string of the molecule is CC(=O)c1cc(Cl)ccc1OCC1CN(C(=O)C2CCCCC2C(=O)c2ccc(F)cc2)CCO1. The maximum Gasteiger partial charge on any atom is 0.226 e. The van der Waals surface area contributed by atoms with Crippen LogP contribution in [0.25, 0.3) is 0 Å². The lowest BCUT2D eigenvalue weighted by atomic mass is 9.74. The summed E-state index contributed by atoms with van der Waals surface area (Å²) in [7, 11) is 0. The second kappa shape index (κ2) is 11.3. The topological polar surface area (TPSA) is 72.9 Å². The third kappa shape index (κ3) is 6.08. The number of amides is 1. The lowest BCUT2D eigenvalue weighted by molar-refractivity contribution is -0.146. The molecule has 2 fully saturated rings. The average molecular weight is 502 g/mol. The number of ether oxygens (including phenoxy) is 2. The van der Waals surface area contributed by atoms with E-state index in [2.05, 4.69) is 0 Å². The van der Waals surface area contributed by atoms with Gasteiger partial charge < -0.3 is 14.4 Å². The zero-order chi connectivity index (χ0) is 24.9. The predicted octanol–water partition coefficient (Wildman–Crippen LogP) is 4.98. The van der Waals surface area contributed by atoms with Crippen LogP contribution in [0.2, 0.25) is 5.02 Å². The fraction of sp³-hybridized carbons (Fsp3) is 0.444. The molecule has 8 heteroatoms. The summed E-state index contributed by atoms with van der Waals surface area (Å²) >= 11 is 6.00. The second-order valence-corrected chi connectivity index (χ2v) is 9.59. The minimum Gasteiger partial charge on any atom is -0.490 e. The van der Waals surface area contributed by atoms with Gasteiger partial charge in [-0.3, -0.25) is 14.4 Å². The standard InChI is InChI=1S/C27H29ClFNO5/c1-17(31)24-14-19(28)8-11-25(24)35-16-21-15-30(12-13-34-21)27(33)23-5-3-2-4-22(23)26(32)18-6-9-20(29)10-7-18/h6-11,14,21-23H,2-5,12-13,15-16H2,1H3. The molecule has 1 aliphatic carbocycles. The number of Topliss-reactive ketones (excluding diaryl/α,β-unsaturated/α-hetero) is 2. The van der Waals surface area contributed by atoms with E-state index in [4.69, 9.17) is 21.1 Å². The first-order valence-corrected chi connectivity index (χ1v) is 12.3. The number of halogens is 2. The van der Waals surface area contributed by atoms with E-state index >= 15 is 0 Å². The lowest BCUT2D eigenvalue weighted by Crippen LogP contribution is -2.51. The van der Waals surface area contributed by atoms with Crippen LogP contribution in [0.15, 0.2) is 42.5 Å². The summed E-state index contributed by atoms with van der Waals surface area (Å²) in [6, 6.07) is 10.4. The molecule has 2 aliphatic rings. The minimum absolute atomic E-state index is 0.0469. The molecule has 1 saturated carbocycles. The molecule has 186 valence electrons. The highest BCUT2D eigenvalue weighted by molar-refractivity contribution is 6.31. The van der Waals surface area contributed by atoms with Crippen LogP contribution in [0.1, 0.15) is 53.3 Å². The van der Waals surface area contributed by atoms with Crippen LogP contribution in [-0.4, -0.2) is 54.8 Å². The van der Waals surface area contributed by atoms with Crippen LogP contribution in [0, 0.1) is 17.7 Å². The second-order valence-electron chi connectivity index (χ2n) is 9.15. The van der Waals surface area contributed by atoms with Gasteiger partial charge in [-0.05, 0) is 62.2 Å². The molecule has 0 bridgehead atoms. The monoisotopic (exact) mass is 501 g/mol. The smallest absolute Gasteiger partial charge is 0.226 e. The van der Waals surface area contributed by atoms with Gasteiger partial charge in [-0.1, -0.05) is 24.4 Å². The van der Waals surface area contributed by atoms with Gasteiger partial charge in [-0.25, -0.2) is 4.39 Å². The van der Waals surface area contributed by atoms with E-state index in [9.17, 15) is 18.8 Å². The third-order valence-electron chi connectivity index (χ3n) is 6.74. The van der Waals surface area contributed by atoms with Crippen molar-refractivity contribution in [3.63, 3.8) is 0 Å². The van der Waals surface area contributed by atoms with Crippen molar-refractivity contribution in [2.75, 3.05) is 26.3 Å². The fourth-order valence-electron chi connectivity index (χ4n) is 4.91. The highest BCUT2D eigenvalue weighted by atomic mass is 35.5. The van der Waals surface area contributed by atoms with Crippen molar-refractivity contribution in [3.8, 4) is 5.75 Å². The van der Waals surface area contributed by atoms with E-state index in [1.807, 2.05) is 0 Å². The number of morpholine rings is 1. The molecular formula is C27H29ClFNO5. The van der Waals surface area contributed by atoms with E-state index in [0.29, 0.717) is 54.4 Å². The van der Waals surface area contributed by atoms with Gasteiger partial charge in [0, 0.05) is 29.0 Å². The molecule has 1 aliphatic heterocycles. The summed E-state index contributed by atoms with van der Waals surface area (Å²) < 4.78 is 25.0. The molecule has 0 N–H and O–H groups in total. The summed E-state index contributed by atoms with van der Waals surface area (Å²) in [5.41, 5.74) is 0.833. The Kier molecular flexibility index (Phi) is 8.19. The van der Waals surface area contributed by atoms with Gasteiger partial charge in [0.15, 0.2) is 11.6 Å². The number of nitrogens with zero attached hydrogens (tertiary/aromatic N) is 1. The number of benzene rings is 2. The first-order valence-electron chi connectivity index (χ1n) is 12.0. The van der Waals surface area contributed by atoms with E-state index in [-0.39, 0.29) is 30.2 Å². The van der Waals surface area contributed by atoms with Crippen molar-refractivity contribution in [1.29, 1.82) is 0 Å². The maximum atomic E-state index is 13.5. The molecule has 0 aromatic heterocycles. The van der Waals surface area contributed by atoms with Crippen LogP contribution in [-0.2, 0) is 9.53 Å². The number of hydrogen-bond acceptors (Lipinski definition) is 5. The Morgan fingerprint density at radius 3 is 2.51 bits per heavy atom. The van der Waals surface area contributed by atoms with Gasteiger partial charge in [0.1, 0.15) is 24.3 Å². The highest BCUT2D eigenvalue weighted by Crippen LogP contribution is 2.34. The Bertz CT molecular complexity index is 1090. The molecule has 0 radical (unpaired) electrons. The zero-order valence-corrected chi connectivity index (χ0v) is 20.4. The van der Waals surface area contributed by atoms with Crippen LogP contribution in [0.5, 0.6) is 5.75 Å². The summed E-state index contributed by atoms with van der Waals surface area (Å²) in [5, 5.41) is 0.449. The molecular weight excluding hydrogens is 473 g/mol. The third-order valence-corrected chi connectivity index (χ3v) is 6.98. The van der Waals surface area contributed by atoms with Gasteiger partial charge in [0.2, 0.25) is 5.91 Å². The number of rotatable bonds is 7. The van der Waals surface area contributed by atoms with E-state index in [1.54, 1.807) is 23.1 Å². The molecule has 6 nitrogen and oxygen atoms in total. The van der Waals surface area contributed by atoms with Crippen molar-refractivity contribution in [2.24, 2.45) is 11.8 Å². The summed E-state index contributed by atoms with van der Waals surface area (Å²) in [6.07, 6.45) is 2.72. The maximum absolute atomic E-state index is 13.5. The molecule has 3 atom stereocenters. The number of hydrogen-bond donors (Lipinski definition) is 0. The van der Waals surface area contributed by atoms with Crippen molar-refractivity contribution >= 4 is 29.1 Å². The van der Waals surface area contributed by atoms with Crippen LogP contribution in [0.3, 0.4) is 0 Å². The Morgan fingerprint density at radius 2 is 1.80 bits per heavy atom. The van der Waals surface area contributed by atoms with E-state index in [1.165, 1.54) is 31.2 Å². The highest BCUT2D eigenvalue weighted by Gasteiger charge is 2.39. The zero-order valence-electron chi connectivity index (χ0n) is 19.7. The Morgan fingerprint density at radius 1 is 1.09 bits per heavy atom. The number of carbonyl (C=O) groups is 3. The molecule has 1 amide bonds. The molecule has 4 rings (SSSR count). The van der Waals surface area contributed by atoms with E-state index in [0.717, 1.165) is 12.8 Å². The normalized spacial score (nSPS) is 22.5. The molecule has 1 saturated heterocycles. The average Bonchev–Trinajstić information content (AvgIpc) is 2.87. The van der Waals surface area contributed by atoms with Crippen LogP contribution >= 0.6 is 11.6 Å². The van der Waals surface area contributed by atoms with Gasteiger partial charge >= 0.3 is 0 Å². The Labute approximate surface area is 209 Å². The minimum atomic E-state index is -0.411. The first kappa shape index (κ1) is 25.3. The Hall–Kier alpha value is -2.77. The number of ketones is 2. The molecule has 2 aromatic carbocycles.